The minimum atomic E-state index is -2.86. The van der Waals surface area contributed by atoms with Crippen LogP contribution in [0.4, 0.5) is 0 Å². The minimum absolute atomic E-state index is 0.756. The van der Waals surface area contributed by atoms with Crippen molar-refractivity contribution in [3.05, 3.63) is 0 Å². The molecule has 0 spiro atoms. The first-order valence-corrected chi connectivity index (χ1v) is 25.4. The lowest BCUT2D eigenvalue weighted by atomic mass is 9.90. The van der Waals surface area contributed by atoms with Crippen LogP contribution in [-0.2, 0) is 85.4 Å². The van der Waals surface area contributed by atoms with Crippen LogP contribution in [0.5, 0.6) is 0 Å². The van der Waals surface area contributed by atoms with E-state index in [-0.39, 0.29) is 0 Å². The number of carboxylic acid groups (broad SMARTS) is 3. The number of hydrogen-bond acceptors (Lipinski definition) is 36. The Labute approximate surface area is 466 Å². The topological polar surface area (TPSA) is 614 Å². The third kappa shape index (κ3) is 15.3. The highest BCUT2D eigenvalue weighted by molar-refractivity contribution is 5.71. The molecule has 33 atom stereocenters. The molecule has 0 radical (unpaired) electrons. The first-order valence-electron chi connectivity index (χ1n) is 25.4. The number of hydrogen-bond donors (Lipinski definition) is 21. The number of aliphatic hydroxyl groups excluding tert-OH is 18. The molecule has 39 nitrogen and oxygen atoms in total. The fourth-order valence-electron chi connectivity index (χ4n) is 9.92. The molecule has 83 heavy (non-hydrogen) atoms. The molecule has 6 fully saturated rings. The normalized spacial score (nSPS) is 46.4. The monoisotopic (exact) mass is 1220 g/mol. The summed E-state index contributed by atoms with van der Waals surface area (Å²) >= 11 is 0. The summed E-state index contributed by atoms with van der Waals surface area (Å²) in [7, 11) is 1.09. The minimum Gasteiger partial charge on any atom is -0.477 e. The quantitative estimate of drug-likeness (QED) is 0.0358. The van der Waals surface area contributed by atoms with Crippen molar-refractivity contribution < 1.29 is 193 Å². The van der Waals surface area contributed by atoms with E-state index in [1.54, 1.807) is 0 Å². The van der Waals surface area contributed by atoms with Crippen LogP contribution in [0, 0.1) is 5.92 Å². The second-order valence-electron chi connectivity index (χ2n) is 19.7. The Bertz CT molecular complexity index is 2030. The van der Waals surface area contributed by atoms with E-state index in [1.165, 1.54) is 6.92 Å². The summed E-state index contributed by atoms with van der Waals surface area (Å²) < 4.78 is 82.7. The van der Waals surface area contributed by atoms with Crippen molar-refractivity contribution in [2.75, 3.05) is 46.8 Å². The maximum absolute atomic E-state index is 11.9. The van der Waals surface area contributed by atoms with Gasteiger partial charge < -0.3 is 178 Å². The fourth-order valence-corrected chi connectivity index (χ4v) is 9.92. The molecule has 482 valence electrons. The van der Waals surface area contributed by atoms with Gasteiger partial charge in [-0.1, -0.05) is 6.92 Å². The number of rotatable bonds is 26. The second-order valence-corrected chi connectivity index (χ2v) is 19.7. The van der Waals surface area contributed by atoms with Crippen LogP contribution in [0.15, 0.2) is 0 Å². The van der Waals surface area contributed by atoms with Crippen LogP contribution in [-0.4, -0.2) is 369 Å². The van der Waals surface area contributed by atoms with Gasteiger partial charge >= 0.3 is 17.9 Å². The molecule has 33 unspecified atom stereocenters. The molecular weight excluding hydrogens is 1150 g/mol. The van der Waals surface area contributed by atoms with Gasteiger partial charge in [0, 0.05) is 13.0 Å². The summed E-state index contributed by atoms with van der Waals surface area (Å²) in [5.41, 5.74) is 0. The van der Waals surface area contributed by atoms with Gasteiger partial charge in [-0.3, -0.25) is 0 Å². The van der Waals surface area contributed by atoms with Crippen molar-refractivity contribution in [3.63, 3.8) is 0 Å². The predicted octanol–water partition coefficient (Wildman–Crippen LogP) is -13.9. The van der Waals surface area contributed by atoms with Gasteiger partial charge in [-0.25, -0.2) is 14.4 Å². The van der Waals surface area contributed by atoms with Crippen molar-refractivity contribution in [2.24, 2.45) is 5.92 Å². The Morgan fingerprint density at radius 3 is 0.843 bits per heavy atom. The van der Waals surface area contributed by atoms with Gasteiger partial charge in [0.1, 0.15) is 128 Å². The summed E-state index contributed by atoms with van der Waals surface area (Å²) in [5, 5.41) is 222. The van der Waals surface area contributed by atoms with Crippen LogP contribution in [0.25, 0.3) is 0 Å². The van der Waals surface area contributed by atoms with Gasteiger partial charge in [0.15, 0.2) is 37.7 Å². The number of methoxy groups -OCH3 is 1. The van der Waals surface area contributed by atoms with Gasteiger partial charge in [0.05, 0.1) is 51.8 Å². The number of aliphatic hydroxyl groups is 18. The van der Waals surface area contributed by atoms with E-state index >= 15 is 0 Å². The molecule has 6 aliphatic heterocycles. The van der Waals surface area contributed by atoms with E-state index in [0.717, 1.165) is 7.11 Å². The zero-order valence-corrected chi connectivity index (χ0v) is 43.5. The third-order valence-electron chi connectivity index (χ3n) is 14.5. The van der Waals surface area contributed by atoms with Gasteiger partial charge in [-0.15, -0.1) is 0 Å². The Kier molecular flexibility index (Phi) is 25.3. The Morgan fingerprint density at radius 2 is 0.566 bits per heavy atom. The maximum atomic E-state index is 11.9. The van der Waals surface area contributed by atoms with Gasteiger partial charge in [0.25, 0.3) is 18.9 Å². The molecule has 6 saturated heterocycles. The van der Waals surface area contributed by atoms with Crippen LogP contribution in [0.1, 0.15) is 6.92 Å². The fraction of sp³-hybridized carbons (Fsp3) is 0.932. The van der Waals surface area contributed by atoms with E-state index in [0.29, 0.717) is 0 Å². The number of carbonyl (C=O) groups is 3. The zero-order valence-electron chi connectivity index (χ0n) is 43.5. The molecule has 0 amide bonds. The van der Waals surface area contributed by atoms with Crippen LogP contribution >= 0.6 is 0 Å². The smallest absolute Gasteiger partial charge is 0.360 e. The lowest BCUT2D eigenvalue weighted by molar-refractivity contribution is -0.404. The number of carboxylic acids is 3. The van der Waals surface area contributed by atoms with E-state index in [9.17, 15) is 122 Å². The molecule has 39 heteroatoms. The molecule has 6 heterocycles. The van der Waals surface area contributed by atoms with Crippen molar-refractivity contribution in [2.45, 2.75) is 204 Å². The molecule has 0 aromatic heterocycles. The maximum Gasteiger partial charge on any atom is 0.360 e. The van der Waals surface area contributed by atoms with E-state index < -0.39 is 260 Å². The molecule has 21 N–H and O–H groups in total. The SMILES string of the molecule is COC1OC(CO)C(OC2OC(CO)C(OC3OC(CO)C(OC4OC(CO)C(OC5OC(CO)C(OC6OC(CO)C(C)C(O)C6OC(O)C(=O)O)C(O)C5O)C(O)C4OC(O)C(=O)O)C(O)C3O)C(O)C2OC(O)C(=O)O)C(O)C1O. The molecule has 0 aliphatic carbocycles. The first kappa shape index (κ1) is 69.2. The lowest BCUT2D eigenvalue weighted by Gasteiger charge is -2.50. The summed E-state index contributed by atoms with van der Waals surface area (Å²) in [4.78, 5) is 34.9. The van der Waals surface area contributed by atoms with E-state index in [4.69, 9.17) is 71.1 Å². The van der Waals surface area contributed by atoms with Crippen LogP contribution in [0.3, 0.4) is 0 Å². The molecule has 0 aromatic carbocycles. The second kappa shape index (κ2) is 30.3. The highest BCUT2D eigenvalue weighted by Gasteiger charge is 2.59. The number of ether oxygens (including phenoxy) is 15. The summed E-state index contributed by atoms with van der Waals surface area (Å²) in [5.74, 6) is -7.03. The Hall–Kier alpha value is -2.91. The highest BCUT2D eigenvalue weighted by atomic mass is 16.8. The largest absolute Gasteiger partial charge is 0.477 e. The summed E-state index contributed by atoms with van der Waals surface area (Å²) in [6, 6.07) is 0. The molecule has 0 aromatic rings. The first-order chi connectivity index (χ1) is 39.2. The average Bonchev–Trinajstić information content (AvgIpc) is 3.63. The lowest BCUT2D eigenvalue weighted by Crippen LogP contribution is -2.69. The van der Waals surface area contributed by atoms with Crippen molar-refractivity contribution >= 4 is 17.9 Å². The molecule has 0 saturated carbocycles. The van der Waals surface area contributed by atoms with Gasteiger partial charge in [-0.2, -0.15) is 0 Å². The molecule has 0 bridgehead atoms. The average molecular weight is 1230 g/mol. The van der Waals surface area contributed by atoms with Gasteiger partial charge in [-0.05, 0) is 0 Å². The van der Waals surface area contributed by atoms with E-state index in [2.05, 4.69) is 0 Å². The summed E-state index contributed by atoms with van der Waals surface area (Å²) in [6.45, 7) is -4.98. The third-order valence-corrected chi connectivity index (χ3v) is 14.5. The molecular formula is C44H72O39. The van der Waals surface area contributed by atoms with Crippen molar-refractivity contribution in [1.29, 1.82) is 0 Å². The molecule has 6 rings (SSSR count). The van der Waals surface area contributed by atoms with Crippen molar-refractivity contribution in [3.8, 4) is 0 Å². The van der Waals surface area contributed by atoms with Crippen LogP contribution in [0.2, 0.25) is 0 Å². The summed E-state index contributed by atoms with van der Waals surface area (Å²) in [6.07, 6.45) is -67.0. The standard InChI is InChI=1S/C44H72O39/c1-9-10(3-45)70-42(30(16(9)51)76-36(66)33(60)61)81-26-12(5-47)72-40(21(56)18(26)53)79-29-15(8-50)75-44(32(24(29)59)78-38(68)35(64)65)83-27-13(6-48)73-41(22(57)19(27)54)80-28-14(7-49)74-43(31(23(28)58)77-37(67)34(62)63)82-25-11(4-46)71-39(69-2)20(55)17(25)52/h9-32,36-59,66-68H,3-8H2,1-2H3,(H,60,61)(H,62,63)(H,64,65). The van der Waals surface area contributed by atoms with Crippen LogP contribution < -0.4 is 0 Å². The predicted molar refractivity (Wildman–Crippen MR) is 245 cm³/mol. The highest BCUT2D eigenvalue weighted by Crippen LogP contribution is 2.39. The Morgan fingerprint density at radius 1 is 0.337 bits per heavy atom. The zero-order chi connectivity index (χ0) is 61.6. The Balaban J connectivity index is 1.19. The number of aliphatic carboxylic acids is 3. The van der Waals surface area contributed by atoms with Gasteiger partial charge in [0.2, 0.25) is 0 Å². The van der Waals surface area contributed by atoms with E-state index in [1.807, 2.05) is 0 Å². The molecule has 6 aliphatic rings. The van der Waals surface area contributed by atoms with Crippen molar-refractivity contribution in [1.82, 2.24) is 0 Å².